The lowest BCUT2D eigenvalue weighted by Crippen LogP contribution is -2.55. The van der Waals surface area contributed by atoms with E-state index < -0.39 is 5.67 Å². The summed E-state index contributed by atoms with van der Waals surface area (Å²) in [6.45, 7) is 4.90. The number of rotatable bonds is 2. The Morgan fingerprint density at radius 1 is 1.27 bits per heavy atom. The van der Waals surface area contributed by atoms with E-state index in [1.54, 1.807) is 0 Å². The minimum absolute atomic E-state index is 0.110. The molecule has 2 nitrogen and oxygen atoms in total. The van der Waals surface area contributed by atoms with E-state index in [1.165, 1.54) is 12.8 Å². The topological polar surface area (TPSA) is 24.1 Å². The quantitative estimate of drug-likeness (QED) is 0.733. The second-order valence-electron chi connectivity index (χ2n) is 5.09. The van der Waals surface area contributed by atoms with E-state index in [4.69, 9.17) is 0 Å². The molecule has 2 heterocycles. The Balaban J connectivity index is 1.95. The average molecular weight is 214 g/mol. The molecule has 2 saturated heterocycles. The molecule has 0 bridgehead atoms. The number of hydrogen-bond donors (Lipinski definition) is 2. The van der Waals surface area contributed by atoms with Crippen LogP contribution in [-0.4, -0.2) is 31.3 Å². The molecule has 2 aliphatic heterocycles. The van der Waals surface area contributed by atoms with Gasteiger partial charge in [0, 0.05) is 6.04 Å². The summed E-state index contributed by atoms with van der Waals surface area (Å²) in [6.07, 6.45) is 4.82. The van der Waals surface area contributed by atoms with Crippen LogP contribution in [0.25, 0.3) is 0 Å². The highest BCUT2D eigenvalue weighted by atomic mass is 19.1. The van der Waals surface area contributed by atoms with Crippen LogP contribution in [0.2, 0.25) is 0 Å². The van der Waals surface area contributed by atoms with E-state index in [1.807, 2.05) is 0 Å². The Morgan fingerprint density at radius 3 is 2.67 bits per heavy atom. The summed E-state index contributed by atoms with van der Waals surface area (Å²) in [5.74, 6) is 0.735. The Morgan fingerprint density at radius 2 is 2.00 bits per heavy atom. The molecule has 2 N–H and O–H groups in total. The fourth-order valence-electron chi connectivity index (χ4n) is 2.95. The van der Waals surface area contributed by atoms with E-state index in [-0.39, 0.29) is 6.04 Å². The normalized spacial score (nSPS) is 36.4. The van der Waals surface area contributed by atoms with E-state index in [9.17, 15) is 4.39 Å². The zero-order chi connectivity index (χ0) is 10.7. The second-order valence-corrected chi connectivity index (χ2v) is 5.09. The predicted molar refractivity (Wildman–Crippen MR) is 60.7 cm³/mol. The molecule has 0 amide bonds. The van der Waals surface area contributed by atoms with Gasteiger partial charge in [-0.05, 0) is 51.2 Å². The van der Waals surface area contributed by atoms with Crippen molar-refractivity contribution in [2.45, 2.75) is 50.7 Å². The number of piperidine rings is 2. The highest BCUT2D eigenvalue weighted by Crippen LogP contribution is 2.34. The number of alkyl halides is 1. The van der Waals surface area contributed by atoms with E-state index in [0.29, 0.717) is 12.8 Å². The zero-order valence-electron chi connectivity index (χ0n) is 9.69. The first-order chi connectivity index (χ1) is 7.24. The maximum absolute atomic E-state index is 14.7. The summed E-state index contributed by atoms with van der Waals surface area (Å²) in [5.41, 5.74) is -0.945. The van der Waals surface area contributed by atoms with Gasteiger partial charge in [0.05, 0.1) is 0 Å². The van der Waals surface area contributed by atoms with Gasteiger partial charge in [0.25, 0.3) is 0 Å². The van der Waals surface area contributed by atoms with Crippen molar-refractivity contribution in [3.05, 3.63) is 0 Å². The lowest BCUT2D eigenvalue weighted by molar-refractivity contribution is 0.0431. The fraction of sp³-hybridized carbons (Fsp3) is 1.00. The zero-order valence-corrected chi connectivity index (χ0v) is 9.69. The first kappa shape index (κ1) is 11.3. The maximum atomic E-state index is 14.7. The second kappa shape index (κ2) is 4.79. The van der Waals surface area contributed by atoms with Crippen LogP contribution < -0.4 is 10.6 Å². The molecule has 0 aromatic heterocycles. The van der Waals surface area contributed by atoms with Crippen molar-refractivity contribution in [1.29, 1.82) is 0 Å². The third-order valence-corrected chi connectivity index (χ3v) is 4.15. The standard InChI is InChI=1S/C12H23FN2/c1-2-10-3-6-15-11(9-10)12(13)4-7-14-8-5-12/h10-11,14-15H,2-9H2,1H3. The Bertz CT molecular complexity index is 202. The largest absolute Gasteiger partial charge is 0.316 e. The third kappa shape index (κ3) is 2.51. The molecule has 88 valence electrons. The first-order valence-electron chi connectivity index (χ1n) is 6.37. The SMILES string of the molecule is CCC1CCNC(C2(F)CCNCC2)C1. The van der Waals surface area contributed by atoms with Crippen LogP contribution in [0.3, 0.4) is 0 Å². The maximum Gasteiger partial charge on any atom is 0.128 e. The molecule has 0 radical (unpaired) electrons. The van der Waals surface area contributed by atoms with Crippen molar-refractivity contribution in [3.63, 3.8) is 0 Å². The van der Waals surface area contributed by atoms with Crippen molar-refractivity contribution in [2.24, 2.45) is 5.92 Å². The molecule has 0 spiro atoms. The van der Waals surface area contributed by atoms with Crippen molar-refractivity contribution in [3.8, 4) is 0 Å². The molecule has 2 unspecified atom stereocenters. The molecule has 15 heavy (non-hydrogen) atoms. The third-order valence-electron chi connectivity index (χ3n) is 4.15. The minimum Gasteiger partial charge on any atom is -0.316 e. The highest BCUT2D eigenvalue weighted by molar-refractivity contribution is 4.98. The van der Waals surface area contributed by atoms with Gasteiger partial charge < -0.3 is 10.6 Å². The number of halogens is 1. The van der Waals surface area contributed by atoms with E-state index in [0.717, 1.165) is 32.0 Å². The summed E-state index contributed by atoms with van der Waals surface area (Å²) in [4.78, 5) is 0. The van der Waals surface area contributed by atoms with Gasteiger partial charge in [0.15, 0.2) is 0 Å². The lowest BCUT2D eigenvalue weighted by atomic mass is 9.78. The summed E-state index contributed by atoms with van der Waals surface area (Å²) >= 11 is 0. The molecule has 3 heteroatoms. The van der Waals surface area contributed by atoms with Crippen LogP contribution in [-0.2, 0) is 0 Å². The van der Waals surface area contributed by atoms with Crippen molar-refractivity contribution in [1.82, 2.24) is 10.6 Å². The Labute approximate surface area is 92.0 Å². The molecule has 2 rings (SSSR count). The molecular weight excluding hydrogens is 191 g/mol. The summed E-state index contributed by atoms with van der Waals surface area (Å²) in [5, 5.41) is 6.63. The number of hydrogen-bond acceptors (Lipinski definition) is 2. The lowest BCUT2D eigenvalue weighted by Gasteiger charge is -2.41. The monoisotopic (exact) mass is 214 g/mol. The number of nitrogens with one attached hydrogen (secondary N) is 2. The van der Waals surface area contributed by atoms with Gasteiger partial charge in [-0.25, -0.2) is 4.39 Å². The van der Waals surface area contributed by atoms with Crippen molar-refractivity contribution >= 4 is 0 Å². The van der Waals surface area contributed by atoms with Gasteiger partial charge in [-0.3, -0.25) is 0 Å². The van der Waals surface area contributed by atoms with Gasteiger partial charge >= 0.3 is 0 Å². The van der Waals surface area contributed by atoms with Gasteiger partial charge in [-0.1, -0.05) is 13.3 Å². The van der Waals surface area contributed by atoms with Gasteiger partial charge in [-0.15, -0.1) is 0 Å². The highest BCUT2D eigenvalue weighted by Gasteiger charge is 2.41. The van der Waals surface area contributed by atoms with Gasteiger partial charge in [0.2, 0.25) is 0 Å². The Kier molecular flexibility index (Phi) is 3.62. The van der Waals surface area contributed by atoms with Crippen LogP contribution in [0.1, 0.15) is 39.0 Å². The van der Waals surface area contributed by atoms with Crippen LogP contribution in [0.15, 0.2) is 0 Å². The molecule has 0 aromatic carbocycles. The molecule has 2 fully saturated rings. The minimum atomic E-state index is -0.945. The molecule has 0 saturated carbocycles. The Hall–Kier alpha value is -0.150. The van der Waals surface area contributed by atoms with Crippen LogP contribution in [0.4, 0.5) is 4.39 Å². The van der Waals surface area contributed by atoms with E-state index >= 15 is 0 Å². The predicted octanol–water partition coefficient (Wildman–Crippen LogP) is 1.86. The smallest absolute Gasteiger partial charge is 0.128 e. The molecule has 2 aliphatic rings. The van der Waals surface area contributed by atoms with Crippen LogP contribution in [0.5, 0.6) is 0 Å². The average Bonchev–Trinajstić information content (AvgIpc) is 2.30. The van der Waals surface area contributed by atoms with Crippen LogP contribution >= 0.6 is 0 Å². The van der Waals surface area contributed by atoms with Crippen LogP contribution in [0, 0.1) is 5.92 Å². The molecular formula is C12H23FN2. The summed E-state index contributed by atoms with van der Waals surface area (Å²) in [7, 11) is 0. The summed E-state index contributed by atoms with van der Waals surface area (Å²) in [6, 6.07) is 0.110. The van der Waals surface area contributed by atoms with Crippen molar-refractivity contribution < 1.29 is 4.39 Å². The molecule has 2 atom stereocenters. The van der Waals surface area contributed by atoms with Crippen molar-refractivity contribution in [2.75, 3.05) is 19.6 Å². The first-order valence-corrected chi connectivity index (χ1v) is 6.37. The molecule has 0 aromatic rings. The summed E-state index contributed by atoms with van der Waals surface area (Å²) < 4.78 is 14.7. The van der Waals surface area contributed by atoms with Gasteiger partial charge in [0.1, 0.15) is 5.67 Å². The van der Waals surface area contributed by atoms with E-state index in [2.05, 4.69) is 17.6 Å². The molecule has 0 aliphatic carbocycles. The van der Waals surface area contributed by atoms with Gasteiger partial charge in [-0.2, -0.15) is 0 Å². The fourth-order valence-corrected chi connectivity index (χ4v) is 2.95.